The lowest BCUT2D eigenvalue weighted by Gasteiger charge is -2.22. The average molecular weight is 281 g/mol. The summed E-state index contributed by atoms with van der Waals surface area (Å²) in [7, 11) is 0. The first-order valence-electron chi connectivity index (χ1n) is 8.50. The van der Waals surface area contributed by atoms with Crippen LogP contribution in [0.3, 0.4) is 0 Å². The van der Waals surface area contributed by atoms with Gasteiger partial charge in [0.2, 0.25) is 0 Å². The fourth-order valence-electron chi connectivity index (χ4n) is 4.17. The van der Waals surface area contributed by atoms with Crippen molar-refractivity contribution in [2.45, 2.75) is 63.7 Å². The molecule has 2 aromatic rings. The summed E-state index contributed by atoms with van der Waals surface area (Å²) in [5.74, 6) is 0.665. The third kappa shape index (κ3) is 2.31. The minimum Gasteiger partial charge on any atom is -0.358 e. The van der Waals surface area contributed by atoms with Gasteiger partial charge in [-0.25, -0.2) is 0 Å². The molecule has 1 fully saturated rings. The maximum atomic E-state index is 12.8. The number of aromatic nitrogens is 1. The Bertz CT molecular complexity index is 722. The van der Waals surface area contributed by atoms with Crippen LogP contribution in [0, 0.1) is 0 Å². The summed E-state index contributed by atoms with van der Waals surface area (Å²) in [5, 5.41) is 0.915. The van der Waals surface area contributed by atoms with Gasteiger partial charge >= 0.3 is 0 Å². The Hall–Kier alpha value is -1.57. The Morgan fingerprint density at radius 3 is 2.62 bits per heavy atom. The number of hydrogen-bond acceptors (Lipinski definition) is 1. The Balaban J connectivity index is 1.83. The first-order chi connectivity index (χ1) is 10.3. The molecule has 0 saturated heterocycles. The van der Waals surface area contributed by atoms with Gasteiger partial charge in [0.1, 0.15) is 0 Å². The molecule has 0 atom stereocenters. The molecule has 110 valence electrons. The quantitative estimate of drug-likeness (QED) is 0.822. The number of aryl methyl sites for hydroxylation is 1. The first kappa shape index (κ1) is 13.1. The van der Waals surface area contributed by atoms with Gasteiger partial charge in [0.15, 0.2) is 5.43 Å². The number of benzene rings is 1. The van der Waals surface area contributed by atoms with E-state index in [-0.39, 0.29) is 5.43 Å². The van der Waals surface area contributed by atoms with Gasteiger partial charge in [-0.05, 0) is 62.1 Å². The molecule has 0 amide bonds. The lowest BCUT2D eigenvalue weighted by Crippen LogP contribution is -2.18. The second-order valence-electron chi connectivity index (χ2n) is 6.76. The molecule has 2 heteroatoms. The topological polar surface area (TPSA) is 32.9 Å². The number of H-pyrrole nitrogens is 1. The van der Waals surface area contributed by atoms with Gasteiger partial charge in [0, 0.05) is 22.2 Å². The third-order valence-electron chi connectivity index (χ3n) is 5.39. The Morgan fingerprint density at radius 2 is 1.76 bits per heavy atom. The van der Waals surface area contributed by atoms with Crippen LogP contribution in [0.5, 0.6) is 0 Å². The Morgan fingerprint density at radius 1 is 0.952 bits per heavy atom. The SMILES string of the molecule is O=c1c2c([nH]c3ccc(C4CCCCC4)cc13)CCCC2. The number of rotatable bonds is 1. The molecule has 21 heavy (non-hydrogen) atoms. The second kappa shape index (κ2) is 5.32. The van der Waals surface area contributed by atoms with E-state index in [1.54, 1.807) is 0 Å². The molecule has 2 aliphatic rings. The maximum Gasteiger partial charge on any atom is 0.192 e. The van der Waals surface area contributed by atoms with Gasteiger partial charge in [0.05, 0.1) is 0 Å². The summed E-state index contributed by atoms with van der Waals surface area (Å²) >= 11 is 0. The van der Waals surface area contributed by atoms with Gasteiger partial charge in [-0.3, -0.25) is 4.79 Å². The minimum absolute atomic E-state index is 0.288. The van der Waals surface area contributed by atoms with E-state index < -0.39 is 0 Å². The molecule has 1 heterocycles. The van der Waals surface area contributed by atoms with Crippen LogP contribution in [0.1, 0.15) is 67.7 Å². The minimum atomic E-state index is 0.288. The first-order valence-corrected chi connectivity index (χ1v) is 8.50. The van der Waals surface area contributed by atoms with E-state index in [4.69, 9.17) is 0 Å². The van der Waals surface area contributed by atoms with Gasteiger partial charge in [0.25, 0.3) is 0 Å². The van der Waals surface area contributed by atoms with Gasteiger partial charge in [-0.1, -0.05) is 25.3 Å². The molecule has 0 spiro atoms. The summed E-state index contributed by atoms with van der Waals surface area (Å²) in [5.41, 5.74) is 4.93. The fraction of sp³-hybridized carbons (Fsp3) is 0.526. The number of hydrogen-bond donors (Lipinski definition) is 1. The highest BCUT2D eigenvalue weighted by atomic mass is 16.1. The smallest absolute Gasteiger partial charge is 0.192 e. The van der Waals surface area contributed by atoms with E-state index in [9.17, 15) is 4.79 Å². The van der Waals surface area contributed by atoms with Crippen LogP contribution in [0.15, 0.2) is 23.0 Å². The van der Waals surface area contributed by atoms with Crippen LogP contribution < -0.4 is 5.43 Å². The normalized spacial score (nSPS) is 19.6. The Labute approximate surface area is 125 Å². The van der Waals surface area contributed by atoms with E-state index in [2.05, 4.69) is 23.2 Å². The molecule has 2 nitrogen and oxygen atoms in total. The standard InChI is InChI=1S/C19H23NO/c21-19-15-8-4-5-9-17(15)20-18-11-10-14(12-16(18)19)13-6-2-1-3-7-13/h10-13H,1-9H2,(H,20,21). The summed E-state index contributed by atoms with van der Waals surface area (Å²) in [4.78, 5) is 16.3. The third-order valence-corrected chi connectivity index (χ3v) is 5.39. The van der Waals surface area contributed by atoms with Crippen molar-refractivity contribution in [3.8, 4) is 0 Å². The zero-order chi connectivity index (χ0) is 14.2. The zero-order valence-corrected chi connectivity index (χ0v) is 12.6. The molecular formula is C19H23NO. The summed E-state index contributed by atoms with van der Waals surface area (Å²) in [6, 6.07) is 6.55. The van der Waals surface area contributed by atoms with Crippen LogP contribution in [0.25, 0.3) is 10.9 Å². The van der Waals surface area contributed by atoms with E-state index in [0.717, 1.165) is 35.7 Å². The summed E-state index contributed by atoms with van der Waals surface area (Å²) in [6.45, 7) is 0. The molecule has 1 saturated carbocycles. The number of pyridine rings is 1. The molecule has 2 aliphatic carbocycles. The number of fused-ring (bicyclic) bond motifs is 2. The molecule has 0 bridgehead atoms. The van der Waals surface area contributed by atoms with E-state index >= 15 is 0 Å². The van der Waals surface area contributed by atoms with Crippen molar-refractivity contribution in [3.05, 3.63) is 45.2 Å². The molecule has 1 aromatic carbocycles. The largest absolute Gasteiger partial charge is 0.358 e. The lowest BCUT2D eigenvalue weighted by atomic mass is 9.83. The summed E-state index contributed by atoms with van der Waals surface area (Å²) < 4.78 is 0. The molecule has 0 unspecified atom stereocenters. The van der Waals surface area contributed by atoms with Crippen molar-refractivity contribution in [1.29, 1.82) is 0 Å². The van der Waals surface area contributed by atoms with Crippen LogP contribution in [-0.2, 0) is 12.8 Å². The van der Waals surface area contributed by atoms with Gasteiger partial charge in [-0.15, -0.1) is 0 Å². The average Bonchev–Trinajstić information content (AvgIpc) is 2.56. The Kier molecular flexibility index (Phi) is 3.33. The van der Waals surface area contributed by atoms with Crippen LogP contribution in [-0.4, -0.2) is 4.98 Å². The van der Waals surface area contributed by atoms with Crippen molar-refractivity contribution >= 4 is 10.9 Å². The van der Waals surface area contributed by atoms with Gasteiger partial charge < -0.3 is 4.98 Å². The lowest BCUT2D eigenvalue weighted by molar-refractivity contribution is 0.444. The highest BCUT2D eigenvalue weighted by Crippen LogP contribution is 2.33. The van der Waals surface area contributed by atoms with Gasteiger partial charge in [-0.2, -0.15) is 0 Å². The molecule has 1 N–H and O–H groups in total. The predicted octanol–water partition coefficient (Wildman–Crippen LogP) is 4.45. The van der Waals surface area contributed by atoms with Crippen molar-refractivity contribution in [1.82, 2.24) is 4.98 Å². The fourth-order valence-corrected chi connectivity index (χ4v) is 4.17. The summed E-state index contributed by atoms with van der Waals surface area (Å²) in [6.07, 6.45) is 11.0. The maximum absolute atomic E-state index is 12.8. The van der Waals surface area contributed by atoms with E-state index in [0.29, 0.717) is 5.92 Å². The number of nitrogens with one attached hydrogen (secondary N) is 1. The van der Waals surface area contributed by atoms with Crippen LogP contribution in [0.4, 0.5) is 0 Å². The predicted molar refractivity (Wildman–Crippen MR) is 87.0 cm³/mol. The molecular weight excluding hydrogens is 258 g/mol. The van der Waals surface area contributed by atoms with Crippen molar-refractivity contribution in [2.75, 3.05) is 0 Å². The monoisotopic (exact) mass is 281 g/mol. The van der Waals surface area contributed by atoms with Crippen LogP contribution >= 0.6 is 0 Å². The highest BCUT2D eigenvalue weighted by Gasteiger charge is 2.19. The van der Waals surface area contributed by atoms with Crippen molar-refractivity contribution in [2.24, 2.45) is 0 Å². The van der Waals surface area contributed by atoms with Crippen molar-refractivity contribution < 1.29 is 0 Å². The molecule has 0 radical (unpaired) electrons. The van der Waals surface area contributed by atoms with E-state index in [1.807, 2.05) is 0 Å². The van der Waals surface area contributed by atoms with Crippen LogP contribution in [0.2, 0.25) is 0 Å². The molecule has 0 aliphatic heterocycles. The zero-order valence-electron chi connectivity index (χ0n) is 12.6. The second-order valence-corrected chi connectivity index (χ2v) is 6.76. The highest BCUT2D eigenvalue weighted by molar-refractivity contribution is 5.80. The van der Waals surface area contributed by atoms with Crippen molar-refractivity contribution in [3.63, 3.8) is 0 Å². The number of aromatic amines is 1. The molecule has 4 rings (SSSR count). The molecule has 1 aromatic heterocycles. The van der Waals surface area contributed by atoms with E-state index in [1.165, 1.54) is 49.8 Å².